The molecule has 4 rings (SSSR count). The molecule has 2 aromatic heterocycles. The van der Waals surface area contributed by atoms with Crippen LogP contribution in [0.25, 0.3) is 5.65 Å². The highest BCUT2D eigenvalue weighted by Gasteiger charge is 2.38. The minimum atomic E-state index is -4.64. The summed E-state index contributed by atoms with van der Waals surface area (Å²) in [5.41, 5.74) is 0.800. The van der Waals surface area contributed by atoms with Gasteiger partial charge in [-0.05, 0) is 37.1 Å². The Morgan fingerprint density at radius 2 is 1.94 bits per heavy atom. The van der Waals surface area contributed by atoms with E-state index in [0.29, 0.717) is 36.3 Å². The molecular weight excluding hydrogens is 441 g/mol. The van der Waals surface area contributed by atoms with E-state index >= 15 is 0 Å². The van der Waals surface area contributed by atoms with Crippen molar-refractivity contribution in [3.8, 4) is 0 Å². The number of rotatable bonds is 6. The number of aromatic nitrogens is 4. The molecule has 168 valence electrons. The van der Waals surface area contributed by atoms with E-state index in [-0.39, 0.29) is 17.5 Å². The van der Waals surface area contributed by atoms with Crippen LogP contribution in [0.4, 0.5) is 24.7 Å². The molecule has 0 radical (unpaired) electrons. The van der Waals surface area contributed by atoms with Gasteiger partial charge in [0.2, 0.25) is 5.91 Å². The van der Waals surface area contributed by atoms with Crippen LogP contribution in [0.5, 0.6) is 0 Å². The molecule has 1 aromatic carbocycles. The molecular formula is C21H21F3N6OS. The van der Waals surface area contributed by atoms with Crippen LogP contribution in [-0.4, -0.2) is 44.6 Å². The second-order valence-corrected chi connectivity index (χ2v) is 8.39. The maximum Gasteiger partial charge on any atom is 0.453 e. The fourth-order valence-electron chi connectivity index (χ4n) is 3.57. The largest absolute Gasteiger partial charge is 0.453 e. The molecule has 0 saturated carbocycles. The lowest BCUT2D eigenvalue weighted by molar-refractivity contribution is -0.146. The average Bonchev–Trinajstić information content (AvgIpc) is 3.22. The van der Waals surface area contributed by atoms with Crippen LogP contribution in [0.3, 0.4) is 0 Å². The zero-order chi connectivity index (χ0) is 22.7. The van der Waals surface area contributed by atoms with Crippen molar-refractivity contribution in [3.05, 3.63) is 54.9 Å². The maximum atomic E-state index is 13.1. The van der Waals surface area contributed by atoms with E-state index in [1.807, 2.05) is 35.2 Å². The Morgan fingerprint density at radius 1 is 1.19 bits per heavy atom. The smallest absolute Gasteiger partial charge is 0.355 e. The van der Waals surface area contributed by atoms with Gasteiger partial charge in [-0.25, -0.2) is 0 Å². The van der Waals surface area contributed by atoms with Crippen LogP contribution in [0, 0.1) is 5.92 Å². The molecule has 1 fully saturated rings. The number of thioether (sulfide) groups is 1. The lowest BCUT2D eigenvalue weighted by Gasteiger charge is -2.32. The summed E-state index contributed by atoms with van der Waals surface area (Å²) in [5.74, 6) is -0.263. The first-order valence-electron chi connectivity index (χ1n) is 10.0. The molecule has 7 nitrogen and oxygen atoms in total. The summed E-state index contributed by atoms with van der Waals surface area (Å²) in [6.07, 6.45) is -1.69. The van der Waals surface area contributed by atoms with Crippen molar-refractivity contribution in [1.82, 2.24) is 19.8 Å². The molecule has 1 N–H and O–H groups in total. The molecule has 3 aromatic rings. The molecule has 0 bridgehead atoms. The van der Waals surface area contributed by atoms with E-state index in [4.69, 9.17) is 0 Å². The number of carbonyl (C=O) groups is 1. The van der Waals surface area contributed by atoms with E-state index in [2.05, 4.69) is 27.2 Å². The lowest BCUT2D eigenvalue weighted by atomic mass is 9.96. The highest BCUT2D eigenvalue weighted by atomic mass is 32.2. The topological polar surface area (TPSA) is 75.4 Å². The van der Waals surface area contributed by atoms with Gasteiger partial charge >= 0.3 is 6.18 Å². The van der Waals surface area contributed by atoms with Crippen LogP contribution in [0.1, 0.15) is 18.7 Å². The molecule has 0 unspecified atom stereocenters. The number of amides is 1. The van der Waals surface area contributed by atoms with Crippen molar-refractivity contribution in [1.29, 1.82) is 0 Å². The number of hydrogen-bond donors (Lipinski definition) is 1. The first kappa shape index (κ1) is 22.1. The number of hydrogen-bond acceptors (Lipinski definition) is 6. The number of halogens is 3. The Balaban J connectivity index is 1.41. The zero-order valence-corrected chi connectivity index (χ0v) is 17.9. The summed E-state index contributed by atoms with van der Waals surface area (Å²) < 4.78 is 40.1. The quantitative estimate of drug-likeness (QED) is 0.436. The van der Waals surface area contributed by atoms with Gasteiger partial charge in [0.25, 0.3) is 5.82 Å². The maximum absolute atomic E-state index is 13.1. The normalized spacial score (nSPS) is 15.2. The third-order valence-electron chi connectivity index (χ3n) is 5.19. The van der Waals surface area contributed by atoms with Crippen molar-refractivity contribution < 1.29 is 18.0 Å². The van der Waals surface area contributed by atoms with Crippen molar-refractivity contribution in [2.45, 2.75) is 23.9 Å². The fourth-order valence-corrected chi connectivity index (χ4v) is 4.32. The number of alkyl halides is 3. The van der Waals surface area contributed by atoms with Crippen LogP contribution >= 0.6 is 11.8 Å². The molecule has 1 aliphatic heterocycles. The number of piperidine rings is 1. The van der Waals surface area contributed by atoms with Crippen LogP contribution < -0.4 is 10.2 Å². The van der Waals surface area contributed by atoms with Gasteiger partial charge in [0.05, 0.1) is 5.69 Å². The molecule has 0 aliphatic carbocycles. The van der Waals surface area contributed by atoms with E-state index in [1.165, 1.54) is 6.07 Å². The number of anilines is 2. The Morgan fingerprint density at radius 3 is 2.66 bits per heavy atom. The van der Waals surface area contributed by atoms with E-state index < -0.39 is 12.0 Å². The number of nitrogens with zero attached hydrogens (tertiary/aromatic N) is 5. The first-order chi connectivity index (χ1) is 15.4. The van der Waals surface area contributed by atoms with Gasteiger partial charge in [0.15, 0.2) is 5.65 Å². The van der Waals surface area contributed by atoms with Gasteiger partial charge in [-0.3, -0.25) is 4.79 Å². The number of fused-ring (bicyclic) bond motifs is 1. The van der Waals surface area contributed by atoms with Gasteiger partial charge < -0.3 is 10.2 Å². The number of carbonyl (C=O) groups excluding carboxylic acids is 1. The molecule has 1 saturated heterocycles. The van der Waals surface area contributed by atoms with Gasteiger partial charge in [0.1, 0.15) is 5.82 Å². The van der Waals surface area contributed by atoms with Crippen molar-refractivity contribution >= 4 is 34.8 Å². The van der Waals surface area contributed by atoms with Gasteiger partial charge in [-0.2, -0.15) is 17.7 Å². The highest BCUT2D eigenvalue weighted by Crippen LogP contribution is 2.30. The first-order valence-corrected chi connectivity index (χ1v) is 11.0. The standard InChI is InChI=1S/C21H21F3N6OS/c1-2-13-32-16-6-4-3-5-15(16)25-19(31)14-9-11-29(12-10-14)18-8-7-17-26-27-20(21(22,23)24)30(17)28-18/h2-8,14H,1,9-13H2,(H,25,31). The number of benzene rings is 1. The second-order valence-electron chi connectivity index (χ2n) is 7.33. The predicted octanol–water partition coefficient (Wildman–Crippen LogP) is 4.28. The number of para-hydroxylation sites is 1. The Bertz CT molecular complexity index is 1120. The Kier molecular flexibility index (Phi) is 6.35. The van der Waals surface area contributed by atoms with Crippen molar-refractivity contribution in [3.63, 3.8) is 0 Å². The summed E-state index contributed by atoms with van der Waals surface area (Å²) in [4.78, 5) is 15.7. The predicted molar refractivity (Wildman–Crippen MR) is 117 cm³/mol. The molecule has 0 spiro atoms. The summed E-state index contributed by atoms with van der Waals surface area (Å²) in [6.45, 7) is 4.73. The van der Waals surface area contributed by atoms with Crippen molar-refractivity contribution in [2.75, 3.05) is 29.1 Å². The van der Waals surface area contributed by atoms with E-state index in [0.717, 1.165) is 16.3 Å². The third kappa shape index (κ3) is 4.72. The van der Waals surface area contributed by atoms with Crippen molar-refractivity contribution in [2.24, 2.45) is 5.92 Å². The molecule has 0 atom stereocenters. The van der Waals surface area contributed by atoms with Crippen LogP contribution in [0.2, 0.25) is 0 Å². The molecule has 3 heterocycles. The number of nitrogens with one attached hydrogen (secondary N) is 1. The molecule has 11 heteroatoms. The lowest BCUT2D eigenvalue weighted by Crippen LogP contribution is -2.38. The minimum absolute atomic E-state index is 0.0309. The SMILES string of the molecule is C=CCSc1ccccc1NC(=O)C1CCN(c2ccc3nnc(C(F)(F)F)n3n2)CC1. The average molecular weight is 463 g/mol. The monoisotopic (exact) mass is 462 g/mol. The third-order valence-corrected chi connectivity index (χ3v) is 6.26. The molecule has 1 amide bonds. The van der Waals surface area contributed by atoms with Gasteiger partial charge in [-0.15, -0.1) is 33.6 Å². The van der Waals surface area contributed by atoms with Crippen LogP contribution in [-0.2, 0) is 11.0 Å². The summed E-state index contributed by atoms with van der Waals surface area (Å²) in [6, 6.07) is 10.7. The fraction of sp³-hybridized carbons (Fsp3) is 0.333. The second kappa shape index (κ2) is 9.19. The summed E-state index contributed by atoms with van der Waals surface area (Å²) in [5, 5.41) is 13.8. The minimum Gasteiger partial charge on any atom is -0.355 e. The Labute approximate surface area is 186 Å². The van der Waals surface area contributed by atoms with Gasteiger partial charge in [0, 0.05) is 29.7 Å². The summed E-state index contributed by atoms with van der Waals surface area (Å²) >= 11 is 1.60. The molecule has 1 aliphatic rings. The summed E-state index contributed by atoms with van der Waals surface area (Å²) in [7, 11) is 0. The molecule has 32 heavy (non-hydrogen) atoms. The van der Waals surface area contributed by atoms with E-state index in [1.54, 1.807) is 17.8 Å². The van der Waals surface area contributed by atoms with Gasteiger partial charge in [-0.1, -0.05) is 18.2 Å². The zero-order valence-electron chi connectivity index (χ0n) is 17.0. The van der Waals surface area contributed by atoms with E-state index in [9.17, 15) is 18.0 Å². The highest BCUT2D eigenvalue weighted by molar-refractivity contribution is 7.99. The van der Waals surface area contributed by atoms with Crippen LogP contribution in [0.15, 0.2) is 53.9 Å². The Hall–Kier alpha value is -3.08.